The summed E-state index contributed by atoms with van der Waals surface area (Å²) in [5.41, 5.74) is 14.1. The molecule has 3 heterocycles. The summed E-state index contributed by atoms with van der Waals surface area (Å²) in [6, 6.07) is 75.4. The molecule has 5 nitrogen and oxygen atoms in total. The first kappa shape index (κ1) is 38.5. The summed E-state index contributed by atoms with van der Waals surface area (Å²) in [5.74, 6) is 1.91. The van der Waals surface area contributed by atoms with Crippen molar-refractivity contribution >= 4 is 64.7 Å². The van der Waals surface area contributed by atoms with Crippen LogP contribution in [0.3, 0.4) is 0 Å². The SMILES string of the molecule is CCc1ccccc1-c1ccccc1Nc1cc(-c2cc(-c3nc(-c4ccccc4)nc(-c4ccccc4)n3)c3sc4ccccc4c3c2)cc(-n2c3ccccc3c3ccccc32)c1. The van der Waals surface area contributed by atoms with Crippen molar-refractivity contribution in [3.63, 3.8) is 0 Å². The standard InChI is InChI=1S/C59H41N5S/c1-2-38-19-9-10-24-45(38)46-25-11-15-29-52(46)60-43-33-41(34-44(37-43)64-53-30-16-12-26-47(53)48-27-13-17-31-54(48)64)42-35-50-49-28-14-18-32-55(49)65-56(50)51(36-42)59-62-57(39-20-5-3-6-21-39)61-58(63-59)40-22-7-4-8-23-40/h3-37,60H,2H2,1H3. The van der Waals surface area contributed by atoms with Crippen molar-refractivity contribution in [2.45, 2.75) is 13.3 Å². The molecule has 0 unspecified atom stereocenters. The van der Waals surface area contributed by atoms with E-state index in [2.05, 4.69) is 193 Å². The van der Waals surface area contributed by atoms with E-state index in [0.29, 0.717) is 17.5 Å². The van der Waals surface area contributed by atoms with Crippen LogP contribution >= 0.6 is 11.3 Å². The van der Waals surface area contributed by atoms with Crippen LogP contribution in [0.2, 0.25) is 0 Å². The summed E-state index contributed by atoms with van der Waals surface area (Å²) in [5, 5.41) is 8.75. The van der Waals surface area contributed by atoms with Crippen LogP contribution in [0.15, 0.2) is 212 Å². The number of hydrogen-bond acceptors (Lipinski definition) is 5. The van der Waals surface area contributed by atoms with Gasteiger partial charge in [-0.25, -0.2) is 15.0 Å². The lowest BCUT2D eigenvalue weighted by Gasteiger charge is -2.18. The summed E-state index contributed by atoms with van der Waals surface area (Å²) in [6.07, 6.45) is 0.945. The number of nitrogens with one attached hydrogen (secondary N) is 1. The van der Waals surface area contributed by atoms with Crippen molar-refractivity contribution in [1.82, 2.24) is 19.5 Å². The summed E-state index contributed by atoms with van der Waals surface area (Å²) >= 11 is 1.78. The Morgan fingerprint density at radius 1 is 0.431 bits per heavy atom. The Kier molecular flexibility index (Phi) is 9.58. The van der Waals surface area contributed by atoms with E-state index in [4.69, 9.17) is 15.0 Å². The normalized spacial score (nSPS) is 11.5. The molecule has 0 saturated carbocycles. The predicted octanol–water partition coefficient (Wildman–Crippen LogP) is 16.0. The van der Waals surface area contributed by atoms with Crippen molar-refractivity contribution < 1.29 is 0 Å². The molecule has 6 heteroatoms. The molecule has 0 amide bonds. The first-order valence-corrected chi connectivity index (χ1v) is 22.9. The fraction of sp³-hybridized carbons (Fsp3) is 0.0339. The Morgan fingerprint density at radius 2 is 0.985 bits per heavy atom. The molecule has 0 fully saturated rings. The third kappa shape index (κ3) is 6.92. The highest BCUT2D eigenvalue weighted by molar-refractivity contribution is 7.26. The van der Waals surface area contributed by atoms with Gasteiger partial charge in [0, 0.05) is 70.3 Å². The summed E-state index contributed by atoms with van der Waals surface area (Å²) < 4.78 is 4.76. The number of benzene rings is 9. The van der Waals surface area contributed by atoms with E-state index < -0.39 is 0 Å². The molecule has 0 spiro atoms. The Labute approximate surface area is 381 Å². The maximum atomic E-state index is 5.27. The van der Waals surface area contributed by atoms with Gasteiger partial charge in [-0.3, -0.25) is 0 Å². The zero-order chi connectivity index (χ0) is 43.3. The second-order valence-electron chi connectivity index (χ2n) is 16.4. The molecule has 0 bridgehead atoms. The van der Waals surface area contributed by atoms with Crippen LogP contribution in [-0.2, 0) is 6.42 Å². The van der Waals surface area contributed by atoms with E-state index in [9.17, 15) is 0 Å². The number of hydrogen-bond donors (Lipinski definition) is 1. The first-order valence-electron chi connectivity index (χ1n) is 22.1. The van der Waals surface area contributed by atoms with Gasteiger partial charge in [-0.05, 0) is 83.3 Å². The van der Waals surface area contributed by atoms with Gasteiger partial charge in [-0.15, -0.1) is 11.3 Å². The minimum atomic E-state index is 0.636. The Hall–Kier alpha value is -8.19. The average Bonchev–Trinajstić information content (AvgIpc) is 3.92. The molecule has 0 aliphatic rings. The van der Waals surface area contributed by atoms with Gasteiger partial charge in [0.25, 0.3) is 0 Å². The van der Waals surface area contributed by atoms with Crippen LogP contribution in [0.4, 0.5) is 11.4 Å². The van der Waals surface area contributed by atoms with E-state index >= 15 is 0 Å². The second-order valence-corrected chi connectivity index (χ2v) is 17.4. The number of thiophene rings is 1. The van der Waals surface area contributed by atoms with Gasteiger partial charge in [0.2, 0.25) is 0 Å². The van der Waals surface area contributed by atoms with Gasteiger partial charge in [0.05, 0.1) is 11.0 Å². The lowest BCUT2D eigenvalue weighted by atomic mass is 9.96. The topological polar surface area (TPSA) is 55.6 Å². The zero-order valence-electron chi connectivity index (χ0n) is 35.6. The molecule has 12 aromatic rings. The summed E-state index contributed by atoms with van der Waals surface area (Å²) in [4.78, 5) is 15.6. The highest BCUT2D eigenvalue weighted by Gasteiger charge is 2.21. The molecule has 0 aliphatic heterocycles. The van der Waals surface area contributed by atoms with Crippen molar-refractivity contribution in [2.24, 2.45) is 0 Å². The minimum absolute atomic E-state index is 0.636. The average molecular weight is 852 g/mol. The third-order valence-corrected chi connectivity index (χ3v) is 13.6. The van der Waals surface area contributed by atoms with Crippen LogP contribution in [0, 0.1) is 0 Å². The first-order chi connectivity index (χ1) is 32.2. The van der Waals surface area contributed by atoms with E-state index in [-0.39, 0.29) is 0 Å². The van der Waals surface area contributed by atoms with Crippen molar-refractivity contribution in [2.75, 3.05) is 5.32 Å². The number of aromatic nitrogens is 4. The molecular weight excluding hydrogens is 811 g/mol. The fourth-order valence-corrected chi connectivity index (χ4v) is 10.5. The molecule has 3 aromatic heterocycles. The number of rotatable bonds is 9. The molecular formula is C59H41N5S. The molecule has 0 radical (unpaired) electrons. The highest BCUT2D eigenvalue weighted by Crippen LogP contribution is 2.44. The quantitative estimate of drug-likeness (QED) is 0.157. The largest absolute Gasteiger partial charge is 0.355 e. The fourth-order valence-electron chi connectivity index (χ4n) is 9.34. The van der Waals surface area contributed by atoms with Crippen LogP contribution in [0.5, 0.6) is 0 Å². The van der Waals surface area contributed by atoms with Gasteiger partial charge in [0.15, 0.2) is 17.5 Å². The predicted molar refractivity (Wildman–Crippen MR) is 273 cm³/mol. The number of anilines is 2. The maximum Gasteiger partial charge on any atom is 0.165 e. The lowest BCUT2D eigenvalue weighted by Crippen LogP contribution is -2.01. The van der Waals surface area contributed by atoms with Crippen LogP contribution < -0.4 is 5.32 Å². The number of aryl methyl sites for hydroxylation is 1. The smallest absolute Gasteiger partial charge is 0.165 e. The van der Waals surface area contributed by atoms with Crippen molar-refractivity contribution in [1.29, 1.82) is 0 Å². The van der Waals surface area contributed by atoms with Crippen LogP contribution in [0.1, 0.15) is 12.5 Å². The second kappa shape index (κ2) is 16.2. The van der Waals surface area contributed by atoms with Crippen molar-refractivity contribution in [3.05, 3.63) is 218 Å². The van der Waals surface area contributed by atoms with Gasteiger partial charge in [-0.2, -0.15) is 0 Å². The Balaban J connectivity index is 1.12. The minimum Gasteiger partial charge on any atom is -0.355 e. The monoisotopic (exact) mass is 851 g/mol. The summed E-state index contributed by atoms with van der Waals surface area (Å²) in [7, 11) is 0. The molecule has 9 aromatic carbocycles. The van der Waals surface area contributed by atoms with Gasteiger partial charge in [-0.1, -0.05) is 165 Å². The number of nitrogens with zero attached hydrogens (tertiary/aromatic N) is 4. The zero-order valence-corrected chi connectivity index (χ0v) is 36.4. The van der Waals surface area contributed by atoms with Gasteiger partial charge in [0.1, 0.15) is 0 Å². The van der Waals surface area contributed by atoms with E-state index in [1.54, 1.807) is 11.3 Å². The molecule has 308 valence electrons. The Bertz CT molecular complexity index is 3630. The maximum absolute atomic E-state index is 5.27. The highest BCUT2D eigenvalue weighted by atomic mass is 32.1. The van der Waals surface area contributed by atoms with Crippen molar-refractivity contribution in [3.8, 4) is 62.1 Å². The Morgan fingerprint density at radius 3 is 1.68 bits per heavy atom. The van der Waals surface area contributed by atoms with Gasteiger partial charge < -0.3 is 9.88 Å². The molecule has 0 saturated heterocycles. The van der Waals surface area contributed by atoms with Gasteiger partial charge >= 0.3 is 0 Å². The molecule has 1 N–H and O–H groups in total. The molecule has 12 rings (SSSR count). The van der Waals surface area contributed by atoms with E-state index in [1.165, 1.54) is 42.9 Å². The summed E-state index contributed by atoms with van der Waals surface area (Å²) in [6.45, 7) is 2.22. The molecule has 0 atom stereocenters. The molecule has 0 aliphatic carbocycles. The third-order valence-electron chi connectivity index (χ3n) is 12.4. The van der Waals surface area contributed by atoms with Crippen LogP contribution in [-0.4, -0.2) is 19.5 Å². The van der Waals surface area contributed by atoms with E-state index in [1.807, 2.05) is 36.4 Å². The molecule has 65 heavy (non-hydrogen) atoms. The van der Waals surface area contributed by atoms with E-state index in [0.717, 1.165) is 67.0 Å². The number of fused-ring (bicyclic) bond motifs is 6. The lowest BCUT2D eigenvalue weighted by molar-refractivity contribution is 1.08. The number of para-hydroxylation sites is 3. The van der Waals surface area contributed by atoms with Crippen LogP contribution in [0.25, 0.3) is 104 Å².